The Morgan fingerprint density at radius 2 is 2.05 bits per heavy atom. The van der Waals surface area contributed by atoms with E-state index in [1.54, 1.807) is 11.3 Å². The smallest absolute Gasteiger partial charge is 0.188 e. The van der Waals surface area contributed by atoms with Gasteiger partial charge in [0, 0.05) is 19.2 Å². The predicted molar refractivity (Wildman–Crippen MR) is 86.4 cm³/mol. The molecule has 4 heterocycles. The average Bonchev–Trinajstić information content (AvgIpc) is 3.19. The summed E-state index contributed by atoms with van der Waals surface area (Å²) in [5.74, 6) is 0.924. The van der Waals surface area contributed by atoms with E-state index < -0.39 is 0 Å². The number of aryl methyl sites for hydroxylation is 4. The van der Waals surface area contributed by atoms with E-state index in [4.69, 9.17) is 9.51 Å². The molecule has 1 fully saturated rings. The molecule has 7 heteroatoms. The maximum atomic E-state index is 5.37. The fraction of sp³-hybridized carbons (Fsp3) is 0.533. The Balaban J connectivity index is 1.78. The van der Waals surface area contributed by atoms with Crippen LogP contribution in [0.3, 0.4) is 0 Å². The van der Waals surface area contributed by atoms with E-state index in [1.165, 1.54) is 16.7 Å². The van der Waals surface area contributed by atoms with Crippen molar-refractivity contribution in [2.24, 2.45) is 7.05 Å². The number of hydrogen-bond acceptors (Lipinski definition) is 6. The molecular formula is C15H19N5OS. The number of thiazole rings is 1. The average molecular weight is 317 g/mol. The van der Waals surface area contributed by atoms with Crippen molar-refractivity contribution in [3.05, 3.63) is 22.7 Å². The highest BCUT2D eigenvalue weighted by atomic mass is 32.1. The van der Waals surface area contributed by atoms with Crippen LogP contribution >= 0.6 is 11.3 Å². The zero-order valence-electron chi connectivity index (χ0n) is 13.3. The molecule has 1 aliphatic heterocycles. The molecule has 22 heavy (non-hydrogen) atoms. The molecule has 3 aromatic heterocycles. The molecule has 116 valence electrons. The molecule has 6 nitrogen and oxygen atoms in total. The summed E-state index contributed by atoms with van der Waals surface area (Å²) in [5.41, 5.74) is 4.25. The molecule has 1 saturated heterocycles. The van der Waals surface area contributed by atoms with Crippen molar-refractivity contribution >= 4 is 26.8 Å². The maximum absolute atomic E-state index is 5.37. The van der Waals surface area contributed by atoms with Crippen LogP contribution < -0.4 is 4.90 Å². The minimum absolute atomic E-state index is 0.320. The summed E-state index contributed by atoms with van der Waals surface area (Å²) in [7, 11) is 1.95. The third-order valence-electron chi connectivity index (χ3n) is 4.45. The third kappa shape index (κ3) is 1.88. The van der Waals surface area contributed by atoms with Crippen molar-refractivity contribution in [3.63, 3.8) is 0 Å². The van der Waals surface area contributed by atoms with Gasteiger partial charge in [0.15, 0.2) is 10.8 Å². The Morgan fingerprint density at radius 1 is 1.23 bits per heavy atom. The van der Waals surface area contributed by atoms with Crippen LogP contribution in [-0.2, 0) is 7.05 Å². The van der Waals surface area contributed by atoms with Crippen LogP contribution in [0.5, 0.6) is 0 Å². The Labute approximate surface area is 132 Å². The maximum Gasteiger partial charge on any atom is 0.188 e. The zero-order chi connectivity index (χ0) is 15.4. The van der Waals surface area contributed by atoms with Crippen molar-refractivity contribution in [1.82, 2.24) is 19.9 Å². The zero-order valence-corrected chi connectivity index (χ0v) is 14.1. The number of aromatic nitrogens is 4. The Hall–Kier alpha value is -1.89. The van der Waals surface area contributed by atoms with Crippen LogP contribution in [0.4, 0.5) is 5.13 Å². The summed E-state index contributed by atoms with van der Waals surface area (Å²) >= 11 is 1.74. The third-order valence-corrected chi connectivity index (χ3v) is 5.64. The molecule has 3 aromatic rings. The van der Waals surface area contributed by atoms with E-state index in [9.17, 15) is 0 Å². The molecule has 1 aliphatic rings. The van der Waals surface area contributed by atoms with Gasteiger partial charge < -0.3 is 9.42 Å². The normalized spacial score (nSPS) is 18.7. The van der Waals surface area contributed by atoms with Gasteiger partial charge in [0.25, 0.3) is 0 Å². The van der Waals surface area contributed by atoms with Gasteiger partial charge in [-0.2, -0.15) is 5.10 Å². The fourth-order valence-electron chi connectivity index (χ4n) is 3.46. The molecule has 0 bridgehead atoms. The summed E-state index contributed by atoms with van der Waals surface area (Å²) in [6.07, 6.45) is 2.29. The van der Waals surface area contributed by atoms with Gasteiger partial charge in [-0.15, -0.1) is 0 Å². The molecule has 0 saturated carbocycles. The van der Waals surface area contributed by atoms with Crippen LogP contribution in [-0.4, -0.2) is 26.5 Å². The minimum Gasteiger partial charge on any atom is -0.361 e. The van der Waals surface area contributed by atoms with Crippen molar-refractivity contribution < 1.29 is 4.52 Å². The second-order valence-electron chi connectivity index (χ2n) is 5.95. The Bertz CT molecular complexity index is 792. The van der Waals surface area contributed by atoms with Gasteiger partial charge in [-0.1, -0.05) is 16.5 Å². The van der Waals surface area contributed by atoms with Crippen molar-refractivity contribution in [2.75, 3.05) is 11.4 Å². The SMILES string of the molecule is Cc1noc(C)c1[C@@H]1CCCN1c1nc2c(s1)c(C)nn2C. The van der Waals surface area contributed by atoms with Gasteiger partial charge in [0.05, 0.1) is 22.1 Å². The van der Waals surface area contributed by atoms with Crippen LogP contribution in [0.25, 0.3) is 10.3 Å². The van der Waals surface area contributed by atoms with E-state index in [-0.39, 0.29) is 0 Å². The first-order chi connectivity index (χ1) is 10.6. The van der Waals surface area contributed by atoms with Crippen LogP contribution in [0, 0.1) is 20.8 Å². The first kappa shape index (κ1) is 13.8. The molecule has 0 radical (unpaired) electrons. The van der Waals surface area contributed by atoms with E-state index in [1.807, 2.05) is 32.5 Å². The topological polar surface area (TPSA) is 60.0 Å². The van der Waals surface area contributed by atoms with E-state index >= 15 is 0 Å². The van der Waals surface area contributed by atoms with Gasteiger partial charge >= 0.3 is 0 Å². The van der Waals surface area contributed by atoms with Gasteiger partial charge in [0.2, 0.25) is 0 Å². The summed E-state index contributed by atoms with van der Waals surface area (Å²) in [4.78, 5) is 7.23. The Kier molecular flexibility index (Phi) is 3.00. The van der Waals surface area contributed by atoms with E-state index in [0.717, 1.165) is 40.9 Å². The summed E-state index contributed by atoms with van der Waals surface area (Å²) in [6, 6.07) is 0.320. The molecule has 0 N–H and O–H groups in total. The highest BCUT2D eigenvalue weighted by Gasteiger charge is 2.33. The molecule has 0 amide bonds. The second-order valence-corrected chi connectivity index (χ2v) is 6.92. The Morgan fingerprint density at radius 3 is 2.73 bits per heavy atom. The molecule has 0 unspecified atom stereocenters. The monoisotopic (exact) mass is 317 g/mol. The second kappa shape index (κ2) is 4.81. The summed E-state index contributed by atoms with van der Waals surface area (Å²) in [6.45, 7) is 7.09. The highest BCUT2D eigenvalue weighted by Crippen LogP contribution is 2.41. The lowest BCUT2D eigenvalue weighted by Gasteiger charge is -2.23. The van der Waals surface area contributed by atoms with Gasteiger partial charge in [-0.05, 0) is 33.6 Å². The number of nitrogens with zero attached hydrogens (tertiary/aromatic N) is 5. The van der Waals surface area contributed by atoms with Crippen LogP contribution in [0.1, 0.15) is 41.6 Å². The molecule has 1 atom stereocenters. The standard InChI is InChI=1S/C15H19N5OS/c1-8-12(10(3)21-18-8)11-6-5-7-20(11)15-16-14-13(22-15)9(2)17-19(14)4/h11H,5-7H2,1-4H3/t11-/m0/s1. The predicted octanol–water partition coefficient (Wildman–Crippen LogP) is 3.28. The molecule has 0 spiro atoms. The lowest BCUT2D eigenvalue weighted by molar-refractivity contribution is 0.391. The lowest BCUT2D eigenvalue weighted by atomic mass is 10.0. The van der Waals surface area contributed by atoms with Crippen molar-refractivity contribution in [3.8, 4) is 0 Å². The molecule has 4 rings (SSSR count). The van der Waals surface area contributed by atoms with E-state index in [2.05, 4.69) is 15.2 Å². The summed E-state index contributed by atoms with van der Waals surface area (Å²) < 4.78 is 8.42. The molecular weight excluding hydrogens is 298 g/mol. The number of anilines is 1. The van der Waals surface area contributed by atoms with Crippen molar-refractivity contribution in [2.45, 2.75) is 39.7 Å². The summed E-state index contributed by atoms with van der Waals surface area (Å²) in [5, 5.41) is 9.63. The number of hydrogen-bond donors (Lipinski definition) is 0. The van der Waals surface area contributed by atoms with Gasteiger partial charge in [0.1, 0.15) is 5.76 Å². The molecule has 0 aliphatic carbocycles. The van der Waals surface area contributed by atoms with Gasteiger partial charge in [-0.3, -0.25) is 0 Å². The fourth-order valence-corrected chi connectivity index (χ4v) is 4.57. The number of rotatable bonds is 2. The van der Waals surface area contributed by atoms with Crippen LogP contribution in [0.15, 0.2) is 4.52 Å². The van der Waals surface area contributed by atoms with Gasteiger partial charge in [-0.25, -0.2) is 9.67 Å². The largest absolute Gasteiger partial charge is 0.361 e. The lowest BCUT2D eigenvalue weighted by Crippen LogP contribution is -2.23. The number of fused-ring (bicyclic) bond motifs is 1. The molecule has 0 aromatic carbocycles. The van der Waals surface area contributed by atoms with E-state index in [0.29, 0.717) is 6.04 Å². The van der Waals surface area contributed by atoms with Crippen LogP contribution in [0.2, 0.25) is 0 Å². The minimum atomic E-state index is 0.320. The first-order valence-electron chi connectivity index (χ1n) is 7.56. The quantitative estimate of drug-likeness (QED) is 0.726. The highest BCUT2D eigenvalue weighted by molar-refractivity contribution is 7.22. The van der Waals surface area contributed by atoms with Crippen molar-refractivity contribution in [1.29, 1.82) is 0 Å². The first-order valence-corrected chi connectivity index (χ1v) is 8.37.